The molecule has 0 aromatic heterocycles. The van der Waals surface area contributed by atoms with Gasteiger partial charge in [-0.05, 0) is 45.5 Å². The van der Waals surface area contributed by atoms with E-state index in [0.29, 0.717) is 0 Å². The van der Waals surface area contributed by atoms with Crippen LogP contribution in [0.4, 0.5) is 0 Å². The third kappa shape index (κ3) is 31.8. The zero-order valence-electron chi connectivity index (χ0n) is 15.1. The van der Waals surface area contributed by atoms with Gasteiger partial charge in [0.2, 0.25) is 0 Å². The number of aryl methyl sites for hydroxylation is 3. The van der Waals surface area contributed by atoms with E-state index < -0.39 is 0 Å². The number of hydrogen-bond donors (Lipinski definition) is 1. The summed E-state index contributed by atoms with van der Waals surface area (Å²) in [7, 11) is 1.93. The van der Waals surface area contributed by atoms with E-state index in [1.807, 2.05) is 20.0 Å². The van der Waals surface area contributed by atoms with Crippen LogP contribution in [-0.4, -0.2) is 19.9 Å². The van der Waals surface area contributed by atoms with Crippen LogP contribution in [0.5, 0.6) is 0 Å². The molecule has 2 radical (unpaired) electrons. The van der Waals surface area contributed by atoms with Gasteiger partial charge in [-0.2, -0.15) is 6.92 Å². The van der Waals surface area contributed by atoms with Crippen molar-refractivity contribution < 1.29 is 41.9 Å². The van der Waals surface area contributed by atoms with Crippen LogP contribution >= 0.6 is 0 Å². The molecule has 2 nitrogen and oxygen atoms in total. The van der Waals surface area contributed by atoms with E-state index in [1.54, 1.807) is 6.08 Å². The van der Waals surface area contributed by atoms with Gasteiger partial charge in [0.15, 0.2) is 0 Å². The van der Waals surface area contributed by atoms with Crippen LogP contribution in [-0.2, 0) is 41.9 Å². The van der Waals surface area contributed by atoms with Crippen LogP contribution in [0.1, 0.15) is 37.5 Å². The average molecular weight is 379 g/mol. The first-order chi connectivity index (χ1) is 9.44. The molecule has 0 atom stereocenters. The number of nitrogens with one attached hydrogen (secondary N) is 1. The fourth-order valence-electron chi connectivity index (χ4n) is 0.891. The molecule has 0 spiro atoms. The van der Waals surface area contributed by atoms with E-state index in [2.05, 4.69) is 58.1 Å². The van der Waals surface area contributed by atoms with Crippen molar-refractivity contribution in [1.29, 1.82) is 0 Å². The number of rotatable bonds is 1. The standard InChI is InChI=1S/C9H12.C4H7.C3H9N.C2H3O.2V/c1-7-4-5-8(2)9(3)6-7;2*1-3-4-2;1-2-3;;/h4-6H,1-3H3;3-4H,1H2,2H3;4H,3H2,1-2H3;1H3;;/q;-1;;-1;;+2/b;4-3+;;;;. The molecular weight excluding hydrogens is 348 g/mol. The number of benzene rings is 1. The Labute approximate surface area is 162 Å². The fraction of sp³-hybridized carbons (Fsp3) is 0.444. The first-order valence-electron chi connectivity index (χ1n) is 6.82. The summed E-state index contributed by atoms with van der Waals surface area (Å²) in [6.45, 7) is 16.2. The summed E-state index contributed by atoms with van der Waals surface area (Å²) in [6.07, 6.45) is 5.14. The van der Waals surface area contributed by atoms with Gasteiger partial charge in [-0.25, -0.2) is 19.1 Å². The summed E-state index contributed by atoms with van der Waals surface area (Å²) in [5, 5.41) is 2.93. The first-order valence-corrected chi connectivity index (χ1v) is 6.82. The number of allylic oxidation sites excluding steroid dienone is 2. The maximum atomic E-state index is 8.68. The third-order valence-corrected chi connectivity index (χ3v) is 2.25. The minimum absolute atomic E-state index is 0. The largest absolute Gasteiger partial charge is 2.00 e. The SMILES string of the molecule is CCNC.C[C-]=O.Cc1ccc(C)c(C)c1.[CH2-]/C=C/C.[V+2].[V]. The van der Waals surface area contributed by atoms with E-state index in [0.717, 1.165) is 6.54 Å². The van der Waals surface area contributed by atoms with Gasteiger partial charge in [-0.1, -0.05) is 30.7 Å². The van der Waals surface area contributed by atoms with E-state index in [4.69, 9.17) is 4.79 Å². The van der Waals surface area contributed by atoms with Gasteiger partial charge >= 0.3 is 18.6 Å². The molecule has 0 amide bonds. The smallest absolute Gasteiger partial charge is 0.542 e. The van der Waals surface area contributed by atoms with Gasteiger partial charge in [0.25, 0.3) is 0 Å². The number of hydrogen-bond acceptors (Lipinski definition) is 2. The van der Waals surface area contributed by atoms with Gasteiger partial charge in [0.05, 0.1) is 0 Å². The monoisotopic (exact) mass is 379 g/mol. The van der Waals surface area contributed by atoms with Crippen molar-refractivity contribution >= 4 is 6.29 Å². The zero-order valence-corrected chi connectivity index (χ0v) is 17.9. The van der Waals surface area contributed by atoms with Gasteiger partial charge in [-0.3, -0.25) is 6.29 Å². The van der Waals surface area contributed by atoms with Crippen molar-refractivity contribution in [2.24, 2.45) is 0 Å². The van der Waals surface area contributed by atoms with Gasteiger partial charge in [0, 0.05) is 18.6 Å². The maximum Gasteiger partial charge on any atom is 2.00 e. The maximum absolute atomic E-state index is 8.68. The molecule has 1 rings (SSSR count). The molecule has 0 fully saturated rings. The second kappa shape index (κ2) is 28.7. The summed E-state index contributed by atoms with van der Waals surface area (Å²) in [6, 6.07) is 6.50. The molecule has 0 heterocycles. The molecule has 0 bridgehead atoms. The molecule has 0 aliphatic rings. The molecule has 1 aromatic rings. The molecule has 0 aliphatic heterocycles. The quantitative estimate of drug-likeness (QED) is 0.736. The van der Waals surface area contributed by atoms with E-state index in [9.17, 15) is 0 Å². The van der Waals surface area contributed by atoms with Crippen molar-refractivity contribution in [3.63, 3.8) is 0 Å². The van der Waals surface area contributed by atoms with Crippen LogP contribution in [0.3, 0.4) is 0 Å². The van der Waals surface area contributed by atoms with Crippen molar-refractivity contribution in [2.45, 2.75) is 41.5 Å². The van der Waals surface area contributed by atoms with Crippen LogP contribution in [0.15, 0.2) is 30.4 Å². The molecule has 0 aliphatic carbocycles. The molecular formula is C18H31NOV2. The Balaban J connectivity index is -0.0000000641. The molecule has 0 saturated carbocycles. The van der Waals surface area contributed by atoms with Crippen LogP contribution in [0.2, 0.25) is 0 Å². The summed E-state index contributed by atoms with van der Waals surface area (Å²) < 4.78 is 0. The molecule has 4 heteroatoms. The minimum atomic E-state index is 0. The van der Waals surface area contributed by atoms with Crippen molar-refractivity contribution in [2.75, 3.05) is 13.6 Å². The fourth-order valence-corrected chi connectivity index (χ4v) is 0.891. The minimum Gasteiger partial charge on any atom is -0.542 e. The first kappa shape index (κ1) is 33.3. The zero-order chi connectivity index (χ0) is 16.4. The Bertz CT molecular complexity index is 347. The van der Waals surface area contributed by atoms with Crippen LogP contribution < -0.4 is 5.32 Å². The molecule has 1 aromatic carbocycles. The predicted molar refractivity (Wildman–Crippen MR) is 91.8 cm³/mol. The van der Waals surface area contributed by atoms with Crippen molar-refractivity contribution in [3.05, 3.63) is 54.0 Å². The van der Waals surface area contributed by atoms with Gasteiger partial charge < -0.3 is 10.1 Å². The summed E-state index contributed by atoms with van der Waals surface area (Å²) in [4.78, 5) is 8.68. The van der Waals surface area contributed by atoms with Gasteiger partial charge in [-0.15, -0.1) is 6.92 Å². The van der Waals surface area contributed by atoms with Crippen LogP contribution in [0.25, 0.3) is 0 Å². The molecule has 22 heavy (non-hydrogen) atoms. The summed E-state index contributed by atoms with van der Waals surface area (Å²) in [5.74, 6) is 0. The van der Waals surface area contributed by atoms with E-state index in [1.165, 1.54) is 29.9 Å². The summed E-state index contributed by atoms with van der Waals surface area (Å²) >= 11 is 0. The topological polar surface area (TPSA) is 29.1 Å². The van der Waals surface area contributed by atoms with Crippen molar-refractivity contribution in [3.8, 4) is 0 Å². The Morgan fingerprint density at radius 1 is 1.23 bits per heavy atom. The Hall–Kier alpha value is -0.371. The molecule has 1 N–H and O–H groups in total. The summed E-state index contributed by atoms with van der Waals surface area (Å²) in [5.41, 5.74) is 4.11. The average Bonchev–Trinajstić information content (AvgIpc) is 2.44. The second-order valence-electron chi connectivity index (χ2n) is 4.07. The van der Waals surface area contributed by atoms with Gasteiger partial charge in [0.1, 0.15) is 0 Å². The normalized spacial score (nSPS) is 7.59. The Kier molecular flexibility index (Phi) is 43.5. The Morgan fingerprint density at radius 2 is 1.59 bits per heavy atom. The molecule has 0 unspecified atom stereocenters. The molecule has 124 valence electrons. The van der Waals surface area contributed by atoms with Crippen molar-refractivity contribution in [1.82, 2.24) is 5.32 Å². The second-order valence-corrected chi connectivity index (χ2v) is 4.07. The Morgan fingerprint density at radius 3 is 1.77 bits per heavy atom. The van der Waals surface area contributed by atoms with Crippen LogP contribution in [0, 0.1) is 27.7 Å². The van der Waals surface area contributed by atoms with E-state index in [-0.39, 0.29) is 37.1 Å². The predicted octanol–water partition coefficient (Wildman–Crippen LogP) is 4.35. The molecule has 0 saturated heterocycles. The third-order valence-electron chi connectivity index (χ3n) is 2.25. The number of carbonyl (C=O) groups excluding carboxylic acids is 1. The van der Waals surface area contributed by atoms with E-state index >= 15 is 0 Å².